The highest BCUT2D eigenvalue weighted by Crippen LogP contribution is 2.35. The zero-order valence-electron chi connectivity index (χ0n) is 19.9. The van der Waals surface area contributed by atoms with E-state index in [1.54, 1.807) is 0 Å². The largest absolute Gasteiger partial charge is 0.433 e. The topological polar surface area (TPSA) is 86.3 Å². The van der Waals surface area contributed by atoms with Crippen LogP contribution in [0.1, 0.15) is 43.6 Å². The second-order valence-electron chi connectivity index (χ2n) is 9.55. The second kappa shape index (κ2) is 9.01. The first kappa shape index (κ1) is 24.2. The zero-order valence-corrected chi connectivity index (χ0v) is 19.9. The van der Waals surface area contributed by atoms with Crippen LogP contribution in [0.25, 0.3) is 0 Å². The van der Waals surface area contributed by atoms with E-state index in [9.17, 15) is 18.0 Å². The Labute approximate surface area is 197 Å². The van der Waals surface area contributed by atoms with E-state index in [0.717, 1.165) is 24.5 Å². The van der Waals surface area contributed by atoms with Crippen LogP contribution in [0.4, 0.5) is 30.6 Å². The average Bonchev–Trinajstić information content (AvgIpc) is 2.70. The fourth-order valence-corrected chi connectivity index (χ4v) is 4.63. The van der Waals surface area contributed by atoms with E-state index >= 15 is 0 Å². The summed E-state index contributed by atoms with van der Waals surface area (Å²) in [6, 6.07) is 2.69. The maximum Gasteiger partial charge on any atom is 0.433 e. The van der Waals surface area contributed by atoms with E-state index in [0.29, 0.717) is 35.7 Å². The van der Waals surface area contributed by atoms with Gasteiger partial charge in [-0.2, -0.15) is 18.2 Å². The molecule has 2 N–H and O–H groups in total. The van der Waals surface area contributed by atoms with Crippen LogP contribution in [-0.2, 0) is 17.5 Å². The lowest BCUT2D eigenvalue weighted by molar-refractivity contribution is -0.141. The SMILES string of the molecule is Cc1nc(N[C@H]2C[C@H](N(C)Cc3ccc(C(F)(F)F)nc3)C2)nc2c1NC(=O)[C@H](C(C)C)N2C. The summed E-state index contributed by atoms with van der Waals surface area (Å²) < 4.78 is 38.1. The van der Waals surface area contributed by atoms with Crippen LogP contribution in [0.5, 0.6) is 0 Å². The summed E-state index contributed by atoms with van der Waals surface area (Å²) in [5.41, 5.74) is 1.21. The van der Waals surface area contributed by atoms with Crippen LogP contribution in [-0.4, -0.2) is 58.0 Å². The Balaban J connectivity index is 1.35. The monoisotopic (exact) mass is 477 g/mol. The first-order chi connectivity index (χ1) is 15.9. The van der Waals surface area contributed by atoms with Crippen molar-refractivity contribution in [2.24, 2.45) is 5.92 Å². The third-order valence-corrected chi connectivity index (χ3v) is 6.59. The first-order valence-electron chi connectivity index (χ1n) is 11.3. The molecule has 1 amide bonds. The summed E-state index contributed by atoms with van der Waals surface area (Å²) in [4.78, 5) is 29.3. The van der Waals surface area contributed by atoms with Gasteiger partial charge in [-0.1, -0.05) is 19.9 Å². The molecule has 34 heavy (non-hydrogen) atoms. The number of carbonyl (C=O) groups is 1. The number of carbonyl (C=O) groups excluding carboxylic acids is 1. The van der Waals surface area contributed by atoms with Gasteiger partial charge in [0.1, 0.15) is 17.4 Å². The molecule has 4 rings (SSSR count). The fourth-order valence-electron chi connectivity index (χ4n) is 4.63. The van der Waals surface area contributed by atoms with Crippen molar-refractivity contribution in [1.29, 1.82) is 0 Å². The van der Waals surface area contributed by atoms with Crippen LogP contribution in [0, 0.1) is 12.8 Å². The Bertz CT molecular complexity index is 1050. The van der Waals surface area contributed by atoms with Crippen LogP contribution in [0.15, 0.2) is 18.3 Å². The molecule has 2 aliphatic rings. The highest BCUT2D eigenvalue weighted by molar-refractivity contribution is 6.03. The molecule has 0 aromatic carbocycles. The van der Waals surface area contributed by atoms with E-state index in [-0.39, 0.29) is 23.9 Å². The Morgan fingerprint density at radius 3 is 2.56 bits per heavy atom. The number of pyridine rings is 1. The number of anilines is 3. The number of nitrogens with zero attached hydrogens (tertiary/aromatic N) is 5. The number of fused-ring (bicyclic) bond motifs is 1. The van der Waals surface area contributed by atoms with Crippen LogP contribution >= 0.6 is 0 Å². The van der Waals surface area contributed by atoms with E-state index < -0.39 is 11.9 Å². The van der Waals surface area contributed by atoms with Crippen LogP contribution < -0.4 is 15.5 Å². The zero-order chi connectivity index (χ0) is 24.8. The molecule has 1 aliphatic heterocycles. The standard InChI is InChI=1S/C23H30F3N7O/c1-12(2)19-21(34)30-18-13(3)28-22(31-20(18)33(19)5)29-15-8-16(9-15)32(4)11-14-6-7-17(27-10-14)23(24,25)26/h6-7,10,12,15-16,19H,8-9,11H2,1-5H3,(H,30,34)(H,28,29,31)/t15-,16-,19-/m0/s1. The number of hydrogen-bond acceptors (Lipinski definition) is 7. The molecule has 0 saturated heterocycles. The van der Waals surface area contributed by atoms with Gasteiger partial charge in [0.2, 0.25) is 11.9 Å². The van der Waals surface area contributed by atoms with Gasteiger partial charge in [-0.15, -0.1) is 0 Å². The van der Waals surface area contributed by atoms with Crippen molar-refractivity contribution in [3.05, 3.63) is 35.3 Å². The number of likely N-dealkylation sites (N-methyl/N-ethyl adjacent to an activating group) is 1. The molecule has 1 aliphatic carbocycles. The molecule has 0 spiro atoms. The predicted octanol–water partition coefficient (Wildman–Crippen LogP) is 3.69. The maximum atomic E-state index is 12.7. The lowest BCUT2D eigenvalue weighted by Crippen LogP contribution is -2.50. The van der Waals surface area contributed by atoms with Crippen molar-refractivity contribution in [3.8, 4) is 0 Å². The molecular formula is C23H30F3N7O. The van der Waals surface area contributed by atoms with Crippen LogP contribution in [0.3, 0.4) is 0 Å². The van der Waals surface area contributed by atoms with E-state index in [2.05, 4.69) is 30.5 Å². The van der Waals surface area contributed by atoms with Crippen molar-refractivity contribution < 1.29 is 18.0 Å². The van der Waals surface area contributed by atoms with Crippen LogP contribution in [0.2, 0.25) is 0 Å². The minimum absolute atomic E-state index is 0.0504. The third-order valence-electron chi connectivity index (χ3n) is 6.59. The number of halogens is 3. The smallest absolute Gasteiger partial charge is 0.351 e. The number of alkyl halides is 3. The Hall–Kier alpha value is -2.95. The molecule has 184 valence electrons. The lowest BCUT2D eigenvalue weighted by atomic mass is 9.85. The molecule has 1 atom stereocenters. The molecule has 0 unspecified atom stereocenters. The highest BCUT2D eigenvalue weighted by Gasteiger charge is 2.37. The van der Waals surface area contributed by atoms with Gasteiger partial charge in [-0.05, 0) is 44.4 Å². The minimum atomic E-state index is -4.43. The maximum absolute atomic E-state index is 12.7. The van der Waals surface area contributed by atoms with Crippen molar-refractivity contribution >= 4 is 23.4 Å². The predicted molar refractivity (Wildman–Crippen MR) is 124 cm³/mol. The van der Waals surface area contributed by atoms with Crippen molar-refractivity contribution in [3.63, 3.8) is 0 Å². The number of nitrogens with one attached hydrogen (secondary N) is 2. The fraction of sp³-hybridized carbons (Fsp3) is 0.565. The molecule has 11 heteroatoms. The molecular weight excluding hydrogens is 447 g/mol. The summed E-state index contributed by atoms with van der Waals surface area (Å²) in [7, 11) is 3.84. The summed E-state index contributed by atoms with van der Waals surface area (Å²) >= 11 is 0. The quantitative estimate of drug-likeness (QED) is 0.656. The van der Waals surface area contributed by atoms with Gasteiger partial charge in [0.25, 0.3) is 0 Å². The molecule has 1 saturated carbocycles. The van der Waals surface area contributed by atoms with Crippen molar-refractivity contribution in [1.82, 2.24) is 19.9 Å². The van der Waals surface area contributed by atoms with E-state index in [1.807, 2.05) is 39.8 Å². The second-order valence-corrected chi connectivity index (χ2v) is 9.55. The van der Waals surface area contributed by atoms with Gasteiger partial charge in [-0.3, -0.25) is 14.7 Å². The molecule has 0 radical (unpaired) electrons. The number of aromatic nitrogens is 3. The number of hydrogen-bond donors (Lipinski definition) is 2. The molecule has 8 nitrogen and oxygen atoms in total. The normalized spacial score (nSPS) is 22.5. The number of aryl methyl sites for hydroxylation is 1. The van der Waals surface area contributed by atoms with Gasteiger partial charge in [0.05, 0.1) is 5.69 Å². The minimum Gasteiger partial charge on any atom is -0.351 e. The van der Waals surface area contributed by atoms with Gasteiger partial charge in [0, 0.05) is 31.9 Å². The summed E-state index contributed by atoms with van der Waals surface area (Å²) in [6.07, 6.45) is -1.40. The highest BCUT2D eigenvalue weighted by atomic mass is 19.4. The molecule has 0 bridgehead atoms. The van der Waals surface area contributed by atoms with Gasteiger partial charge >= 0.3 is 6.18 Å². The van der Waals surface area contributed by atoms with E-state index in [4.69, 9.17) is 0 Å². The van der Waals surface area contributed by atoms with E-state index in [1.165, 1.54) is 12.3 Å². The Kier molecular flexibility index (Phi) is 6.41. The van der Waals surface area contributed by atoms with Gasteiger partial charge in [-0.25, -0.2) is 4.98 Å². The summed E-state index contributed by atoms with van der Waals surface area (Å²) in [5.74, 6) is 1.31. The Morgan fingerprint density at radius 2 is 1.97 bits per heavy atom. The lowest BCUT2D eigenvalue weighted by Gasteiger charge is -2.42. The first-order valence-corrected chi connectivity index (χ1v) is 11.3. The van der Waals surface area contributed by atoms with Gasteiger partial charge < -0.3 is 15.5 Å². The number of rotatable bonds is 6. The molecule has 2 aromatic rings. The van der Waals surface area contributed by atoms with Crippen molar-refractivity contribution in [2.45, 2.75) is 64.5 Å². The summed E-state index contributed by atoms with van der Waals surface area (Å²) in [6.45, 7) is 6.39. The molecule has 2 aromatic heterocycles. The van der Waals surface area contributed by atoms with Crippen molar-refractivity contribution in [2.75, 3.05) is 29.6 Å². The Morgan fingerprint density at radius 1 is 1.26 bits per heavy atom. The average molecular weight is 478 g/mol. The number of amides is 1. The third kappa shape index (κ3) is 4.79. The molecule has 3 heterocycles. The van der Waals surface area contributed by atoms with Gasteiger partial charge in [0.15, 0.2) is 5.82 Å². The molecule has 1 fully saturated rings. The summed E-state index contributed by atoms with van der Waals surface area (Å²) in [5, 5.41) is 6.34.